The van der Waals surface area contributed by atoms with Crippen LogP contribution < -0.4 is 10.1 Å². The molecule has 0 aromatic carbocycles. The van der Waals surface area contributed by atoms with Gasteiger partial charge in [-0.15, -0.1) is 0 Å². The van der Waals surface area contributed by atoms with Crippen molar-refractivity contribution in [3.63, 3.8) is 0 Å². The van der Waals surface area contributed by atoms with E-state index in [0.717, 1.165) is 25.6 Å². The molecule has 7 nitrogen and oxygen atoms in total. The van der Waals surface area contributed by atoms with Gasteiger partial charge >= 0.3 is 0 Å². The minimum absolute atomic E-state index is 0.333. The second-order valence-corrected chi connectivity index (χ2v) is 3.62. The Labute approximate surface area is 97.7 Å². The van der Waals surface area contributed by atoms with Gasteiger partial charge in [0.2, 0.25) is 0 Å². The highest BCUT2D eigenvalue weighted by molar-refractivity contribution is 5.15. The molecule has 90 valence electrons. The molecule has 0 spiro atoms. The van der Waals surface area contributed by atoms with Crippen LogP contribution in [0.15, 0.2) is 30.6 Å². The molecule has 0 amide bonds. The quantitative estimate of drug-likeness (QED) is 0.614. The zero-order valence-electron chi connectivity index (χ0n) is 9.07. The fourth-order valence-electron chi connectivity index (χ4n) is 1.66. The molecular weight excluding hydrogens is 224 g/mol. The van der Waals surface area contributed by atoms with Gasteiger partial charge in [0.15, 0.2) is 5.75 Å². The van der Waals surface area contributed by atoms with E-state index in [9.17, 15) is 10.1 Å². The fourth-order valence-corrected chi connectivity index (χ4v) is 1.66. The van der Waals surface area contributed by atoms with E-state index >= 15 is 0 Å². The first-order valence-electron chi connectivity index (χ1n) is 5.26. The Balaban J connectivity index is 2.09. The van der Waals surface area contributed by atoms with Crippen LogP contribution in [0.1, 0.15) is 12.8 Å². The summed E-state index contributed by atoms with van der Waals surface area (Å²) in [7, 11) is 0. The van der Waals surface area contributed by atoms with Crippen LogP contribution in [0.2, 0.25) is 0 Å². The molecule has 1 aliphatic heterocycles. The lowest BCUT2D eigenvalue weighted by Crippen LogP contribution is -2.35. The summed E-state index contributed by atoms with van der Waals surface area (Å²) in [4.78, 5) is 17.6. The van der Waals surface area contributed by atoms with Crippen molar-refractivity contribution in [3.05, 3.63) is 40.7 Å². The molecule has 0 aliphatic carbocycles. The first-order chi connectivity index (χ1) is 8.25. The lowest BCUT2D eigenvalue weighted by molar-refractivity contribution is -0.404. The summed E-state index contributed by atoms with van der Waals surface area (Å²) < 4.78 is 5.61. The third-order valence-electron chi connectivity index (χ3n) is 2.38. The molecule has 7 heteroatoms. The van der Waals surface area contributed by atoms with Crippen LogP contribution in [0.3, 0.4) is 0 Å². The van der Waals surface area contributed by atoms with Crippen LogP contribution in [-0.4, -0.2) is 27.5 Å². The highest BCUT2D eigenvalue weighted by atomic mass is 16.6. The van der Waals surface area contributed by atoms with Gasteiger partial charge in [0.1, 0.15) is 18.1 Å². The minimum atomic E-state index is -0.481. The molecule has 0 radical (unpaired) electrons. The normalized spacial score (nSPS) is 21.9. The van der Waals surface area contributed by atoms with Gasteiger partial charge in [0, 0.05) is 6.54 Å². The third kappa shape index (κ3) is 3.13. The van der Waals surface area contributed by atoms with E-state index in [4.69, 9.17) is 4.74 Å². The number of rotatable bonds is 3. The predicted molar refractivity (Wildman–Crippen MR) is 58.8 cm³/mol. The Morgan fingerprint density at radius 1 is 1.53 bits per heavy atom. The predicted octanol–water partition coefficient (Wildman–Crippen LogP) is 0.725. The van der Waals surface area contributed by atoms with E-state index in [0.29, 0.717) is 11.4 Å². The molecule has 17 heavy (non-hydrogen) atoms. The van der Waals surface area contributed by atoms with Gasteiger partial charge in [-0.3, -0.25) is 10.1 Å². The van der Waals surface area contributed by atoms with Crippen LogP contribution in [0, 0.1) is 10.1 Å². The molecule has 1 aromatic heterocycles. The van der Waals surface area contributed by atoms with Crippen molar-refractivity contribution < 1.29 is 9.66 Å². The Morgan fingerprint density at radius 3 is 3.00 bits per heavy atom. The summed E-state index contributed by atoms with van der Waals surface area (Å²) in [6.07, 6.45) is 6.74. The van der Waals surface area contributed by atoms with Crippen LogP contribution in [0.4, 0.5) is 0 Å². The summed E-state index contributed by atoms with van der Waals surface area (Å²) in [6.45, 7) is 0.727. The lowest BCUT2D eigenvalue weighted by Gasteiger charge is -2.25. The molecule has 0 bridgehead atoms. The average molecular weight is 236 g/mol. The van der Waals surface area contributed by atoms with Crippen molar-refractivity contribution in [1.82, 2.24) is 15.3 Å². The first kappa shape index (κ1) is 11.3. The topological polar surface area (TPSA) is 90.2 Å². The second-order valence-electron chi connectivity index (χ2n) is 3.62. The van der Waals surface area contributed by atoms with Gasteiger partial charge in [0.05, 0.1) is 17.3 Å². The summed E-state index contributed by atoms with van der Waals surface area (Å²) in [5.41, 5.74) is 0.491. The van der Waals surface area contributed by atoms with Gasteiger partial charge in [-0.1, -0.05) is 0 Å². The summed E-state index contributed by atoms with van der Waals surface area (Å²) in [5.74, 6) is 0.510. The van der Waals surface area contributed by atoms with Crippen molar-refractivity contribution in [3.8, 4) is 5.75 Å². The smallest absolute Gasteiger partial charge is 0.257 e. The maximum atomic E-state index is 10.5. The van der Waals surface area contributed by atoms with Crippen molar-refractivity contribution in [2.45, 2.75) is 18.9 Å². The molecule has 2 heterocycles. The average Bonchev–Trinajstić information content (AvgIpc) is 2.32. The highest BCUT2D eigenvalue weighted by Gasteiger charge is 2.23. The molecule has 1 N–H and O–H groups in total. The maximum absolute atomic E-state index is 10.5. The standard InChI is InChI=1S/C10H12N4O3/c15-14(16)6-9-10(2-1-3-13-9)17-8-4-11-7-12-5-8/h4-7,10,13H,1-3H2/b9-6-. The SMILES string of the molecule is O=[N+]([O-])/C=C1\NCCCC1Oc1cncnc1. The second kappa shape index (κ2) is 5.24. The Hall–Kier alpha value is -2.18. The molecule has 1 saturated heterocycles. The molecule has 0 saturated carbocycles. The van der Waals surface area contributed by atoms with Crippen molar-refractivity contribution in [2.75, 3.05) is 6.54 Å². The molecule has 1 unspecified atom stereocenters. The van der Waals surface area contributed by atoms with Crippen LogP contribution in [0.25, 0.3) is 0 Å². The zero-order valence-corrected chi connectivity index (χ0v) is 9.07. The van der Waals surface area contributed by atoms with Crippen molar-refractivity contribution in [1.29, 1.82) is 0 Å². The number of hydrogen-bond donors (Lipinski definition) is 1. The van der Waals surface area contributed by atoms with Crippen LogP contribution in [-0.2, 0) is 0 Å². The van der Waals surface area contributed by atoms with E-state index in [-0.39, 0.29) is 6.10 Å². The largest absolute Gasteiger partial charge is 0.481 e. The maximum Gasteiger partial charge on any atom is 0.257 e. The van der Waals surface area contributed by atoms with Crippen molar-refractivity contribution in [2.24, 2.45) is 0 Å². The number of hydrogen-bond acceptors (Lipinski definition) is 6. The fraction of sp³-hybridized carbons (Fsp3) is 0.400. The number of ether oxygens (including phenoxy) is 1. The number of aromatic nitrogens is 2. The van der Waals surface area contributed by atoms with Crippen LogP contribution >= 0.6 is 0 Å². The molecule has 2 rings (SSSR count). The Morgan fingerprint density at radius 2 is 2.29 bits per heavy atom. The molecule has 1 atom stereocenters. The molecular formula is C10H12N4O3. The monoisotopic (exact) mass is 236 g/mol. The lowest BCUT2D eigenvalue weighted by atomic mass is 10.1. The number of nitro groups is 1. The third-order valence-corrected chi connectivity index (χ3v) is 2.38. The van der Waals surface area contributed by atoms with E-state index in [2.05, 4.69) is 15.3 Å². The number of nitrogens with zero attached hydrogens (tertiary/aromatic N) is 3. The number of nitrogens with one attached hydrogen (secondary N) is 1. The van der Waals surface area contributed by atoms with Gasteiger partial charge in [-0.05, 0) is 12.8 Å². The first-order valence-corrected chi connectivity index (χ1v) is 5.26. The van der Waals surface area contributed by atoms with E-state index in [1.807, 2.05) is 0 Å². The van der Waals surface area contributed by atoms with E-state index < -0.39 is 4.92 Å². The zero-order chi connectivity index (χ0) is 12.1. The van der Waals surface area contributed by atoms with Crippen LogP contribution in [0.5, 0.6) is 5.75 Å². The molecule has 1 fully saturated rings. The molecule has 1 aromatic rings. The van der Waals surface area contributed by atoms with Gasteiger partial charge in [0.25, 0.3) is 6.20 Å². The number of piperidine rings is 1. The Kier molecular flexibility index (Phi) is 3.49. The summed E-state index contributed by atoms with van der Waals surface area (Å²) >= 11 is 0. The summed E-state index contributed by atoms with van der Waals surface area (Å²) in [5, 5.41) is 13.4. The van der Waals surface area contributed by atoms with Gasteiger partial charge in [-0.2, -0.15) is 0 Å². The highest BCUT2D eigenvalue weighted by Crippen LogP contribution is 2.18. The van der Waals surface area contributed by atoms with Crippen molar-refractivity contribution >= 4 is 0 Å². The summed E-state index contributed by atoms with van der Waals surface area (Å²) in [6, 6.07) is 0. The van der Waals surface area contributed by atoms with Gasteiger partial charge < -0.3 is 10.1 Å². The Bertz CT molecular complexity index is 421. The minimum Gasteiger partial charge on any atom is -0.481 e. The van der Waals surface area contributed by atoms with E-state index in [1.54, 1.807) is 0 Å². The van der Waals surface area contributed by atoms with Gasteiger partial charge in [-0.25, -0.2) is 9.97 Å². The van der Waals surface area contributed by atoms with E-state index in [1.165, 1.54) is 18.7 Å². The molecule has 1 aliphatic rings.